The Balaban J connectivity index is 1.34. The number of halogens is 1. The van der Waals surface area contributed by atoms with Crippen LogP contribution in [0, 0.1) is 11.7 Å². The first-order chi connectivity index (χ1) is 15.0. The molecule has 1 amide bonds. The molecule has 5 rings (SSSR count). The van der Waals surface area contributed by atoms with Crippen molar-refractivity contribution in [2.75, 3.05) is 11.4 Å². The Morgan fingerprint density at radius 2 is 2.13 bits per heavy atom. The van der Waals surface area contributed by atoms with Gasteiger partial charge in [0, 0.05) is 17.3 Å². The monoisotopic (exact) mass is 424 g/mol. The van der Waals surface area contributed by atoms with Crippen LogP contribution in [-0.2, 0) is 11.3 Å². The quantitative estimate of drug-likeness (QED) is 0.648. The molecule has 1 aromatic carbocycles. The van der Waals surface area contributed by atoms with Crippen LogP contribution in [0.3, 0.4) is 0 Å². The number of cyclic esters (lactones) is 1. The van der Waals surface area contributed by atoms with E-state index in [0.29, 0.717) is 34.9 Å². The van der Waals surface area contributed by atoms with Gasteiger partial charge in [-0.2, -0.15) is 4.80 Å². The van der Waals surface area contributed by atoms with Crippen LogP contribution < -0.4 is 4.90 Å². The molecule has 2 aromatic heterocycles. The van der Waals surface area contributed by atoms with Gasteiger partial charge in [0.15, 0.2) is 0 Å². The molecule has 1 saturated carbocycles. The SMILES string of the molecule is CCn1nnc(-c2ccc(-c3ccc(N4C[C@@H](C(O)C5CC5)OC4=O)cc3F)cn2)n1. The number of hydrogen-bond donors (Lipinski definition) is 1. The predicted molar refractivity (Wildman–Crippen MR) is 108 cm³/mol. The molecule has 1 unspecified atom stereocenters. The summed E-state index contributed by atoms with van der Waals surface area (Å²) in [6, 6.07) is 8.00. The third-order valence-electron chi connectivity index (χ3n) is 5.62. The molecule has 1 aliphatic heterocycles. The summed E-state index contributed by atoms with van der Waals surface area (Å²) < 4.78 is 20.2. The molecule has 160 valence electrons. The summed E-state index contributed by atoms with van der Waals surface area (Å²) in [6.45, 7) is 2.72. The lowest BCUT2D eigenvalue weighted by Crippen LogP contribution is -2.32. The van der Waals surface area contributed by atoms with E-state index >= 15 is 0 Å². The summed E-state index contributed by atoms with van der Waals surface area (Å²) >= 11 is 0. The van der Waals surface area contributed by atoms with Crippen LogP contribution >= 0.6 is 0 Å². The maximum absolute atomic E-state index is 14.9. The maximum atomic E-state index is 14.9. The predicted octanol–water partition coefficient (Wildman–Crippen LogP) is 2.66. The first-order valence-electron chi connectivity index (χ1n) is 10.2. The standard InChI is InChI=1S/C21H21FN6O3/c1-2-28-25-20(24-26-28)17-8-5-13(10-23-17)15-7-6-14(9-16(15)22)27-11-18(31-21(27)30)19(29)12-3-4-12/h5-10,12,18-19,29H,2-4,11H2,1H3/t18-,19?/m0/s1. The fraction of sp³-hybridized carbons (Fsp3) is 0.381. The zero-order chi connectivity index (χ0) is 21.5. The van der Waals surface area contributed by atoms with Gasteiger partial charge in [0.25, 0.3) is 0 Å². The summed E-state index contributed by atoms with van der Waals surface area (Å²) in [4.78, 5) is 19.4. The second-order valence-corrected chi connectivity index (χ2v) is 7.76. The molecule has 2 aliphatic rings. The highest BCUT2D eigenvalue weighted by molar-refractivity contribution is 5.90. The number of tetrazole rings is 1. The minimum Gasteiger partial charge on any atom is -0.441 e. The molecular formula is C21H21FN6O3. The van der Waals surface area contributed by atoms with Gasteiger partial charge in [-0.25, -0.2) is 9.18 Å². The Bertz CT molecular complexity index is 1110. The third-order valence-corrected chi connectivity index (χ3v) is 5.62. The van der Waals surface area contributed by atoms with Crippen LogP contribution in [0.15, 0.2) is 36.5 Å². The molecule has 9 nitrogen and oxygen atoms in total. The molecule has 10 heteroatoms. The molecule has 3 aromatic rings. The maximum Gasteiger partial charge on any atom is 0.414 e. The number of anilines is 1. The lowest BCUT2D eigenvalue weighted by atomic mass is 10.1. The average molecular weight is 424 g/mol. The molecular weight excluding hydrogens is 403 g/mol. The number of hydrogen-bond acceptors (Lipinski definition) is 7. The van der Waals surface area contributed by atoms with Crippen LogP contribution in [-0.4, -0.2) is 55.1 Å². The van der Waals surface area contributed by atoms with Gasteiger partial charge in [0.2, 0.25) is 5.82 Å². The van der Waals surface area contributed by atoms with E-state index in [1.165, 1.54) is 15.8 Å². The number of rotatable bonds is 6. The van der Waals surface area contributed by atoms with Crippen LogP contribution in [0.2, 0.25) is 0 Å². The Morgan fingerprint density at radius 3 is 2.77 bits per heavy atom. The van der Waals surface area contributed by atoms with E-state index < -0.39 is 24.1 Å². The molecule has 3 heterocycles. The second-order valence-electron chi connectivity index (χ2n) is 7.76. The smallest absolute Gasteiger partial charge is 0.414 e. The van der Waals surface area contributed by atoms with Crippen molar-refractivity contribution < 1.29 is 19.0 Å². The number of carbonyl (C=O) groups excluding carboxylic acids is 1. The number of amides is 1. The number of aliphatic hydroxyl groups is 1. The van der Waals surface area contributed by atoms with Gasteiger partial charge in [0.1, 0.15) is 17.6 Å². The molecule has 2 fully saturated rings. The van der Waals surface area contributed by atoms with Crippen LogP contribution in [0.5, 0.6) is 0 Å². The fourth-order valence-corrected chi connectivity index (χ4v) is 3.69. The van der Waals surface area contributed by atoms with Crippen molar-refractivity contribution in [3.8, 4) is 22.6 Å². The molecule has 0 spiro atoms. The molecule has 31 heavy (non-hydrogen) atoms. The Labute approximate surface area is 177 Å². The Hall–Kier alpha value is -3.40. The minimum absolute atomic E-state index is 0.189. The Kier molecular flexibility index (Phi) is 4.85. The highest BCUT2D eigenvalue weighted by atomic mass is 19.1. The number of aromatic nitrogens is 5. The highest BCUT2D eigenvalue weighted by Gasteiger charge is 2.43. The van der Waals surface area contributed by atoms with E-state index in [1.54, 1.807) is 30.5 Å². The van der Waals surface area contributed by atoms with Crippen molar-refractivity contribution in [1.82, 2.24) is 25.2 Å². The topological polar surface area (TPSA) is 106 Å². The van der Waals surface area contributed by atoms with Gasteiger partial charge >= 0.3 is 6.09 Å². The number of benzene rings is 1. The van der Waals surface area contributed by atoms with E-state index in [9.17, 15) is 14.3 Å². The number of aryl methyl sites for hydroxylation is 1. The van der Waals surface area contributed by atoms with Gasteiger partial charge in [-0.15, -0.1) is 10.2 Å². The first kappa shape index (κ1) is 19.6. The van der Waals surface area contributed by atoms with Crippen molar-refractivity contribution in [2.24, 2.45) is 5.92 Å². The first-order valence-corrected chi connectivity index (χ1v) is 10.2. The highest BCUT2D eigenvalue weighted by Crippen LogP contribution is 2.37. The summed E-state index contributed by atoms with van der Waals surface area (Å²) in [5.74, 6) is 0.106. The molecule has 1 saturated heterocycles. The summed E-state index contributed by atoms with van der Waals surface area (Å²) in [5.41, 5.74) is 1.87. The minimum atomic E-state index is -0.670. The third kappa shape index (κ3) is 3.74. The van der Waals surface area contributed by atoms with Crippen LogP contribution in [0.4, 0.5) is 14.9 Å². The van der Waals surface area contributed by atoms with Gasteiger partial charge in [0.05, 0.1) is 24.9 Å². The summed E-state index contributed by atoms with van der Waals surface area (Å²) in [7, 11) is 0. The molecule has 0 bridgehead atoms. The second kappa shape index (κ2) is 7.69. The van der Waals surface area contributed by atoms with Gasteiger partial charge in [-0.05, 0) is 55.2 Å². The van der Waals surface area contributed by atoms with Crippen molar-refractivity contribution in [3.05, 3.63) is 42.3 Å². The van der Waals surface area contributed by atoms with E-state index in [0.717, 1.165) is 12.8 Å². The zero-order valence-corrected chi connectivity index (χ0v) is 16.8. The largest absolute Gasteiger partial charge is 0.441 e. The molecule has 2 atom stereocenters. The average Bonchev–Trinajstić information content (AvgIpc) is 3.39. The number of nitrogens with zero attached hydrogens (tertiary/aromatic N) is 6. The van der Waals surface area contributed by atoms with Crippen molar-refractivity contribution in [2.45, 2.75) is 38.5 Å². The van der Waals surface area contributed by atoms with E-state index in [2.05, 4.69) is 20.4 Å². The summed E-state index contributed by atoms with van der Waals surface area (Å²) in [6.07, 6.45) is 1.61. The van der Waals surface area contributed by atoms with Gasteiger partial charge < -0.3 is 9.84 Å². The van der Waals surface area contributed by atoms with Crippen LogP contribution in [0.25, 0.3) is 22.6 Å². The van der Waals surface area contributed by atoms with E-state index in [1.807, 2.05) is 6.92 Å². The van der Waals surface area contributed by atoms with Gasteiger partial charge in [-0.3, -0.25) is 9.88 Å². The van der Waals surface area contributed by atoms with Gasteiger partial charge in [-0.1, -0.05) is 6.07 Å². The summed E-state index contributed by atoms with van der Waals surface area (Å²) in [5, 5.41) is 22.3. The number of ether oxygens (including phenoxy) is 1. The normalized spacial score (nSPS) is 19.5. The lowest BCUT2D eigenvalue weighted by molar-refractivity contribution is 0.0200. The van der Waals surface area contributed by atoms with Crippen molar-refractivity contribution >= 4 is 11.8 Å². The Morgan fingerprint density at radius 1 is 1.29 bits per heavy atom. The molecule has 1 aliphatic carbocycles. The van der Waals surface area contributed by atoms with E-state index in [-0.39, 0.29) is 12.5 Å². The lowest BCUT2D eigenvalue weighted by Gasteiger charge is -2.16. The molecule has 1 N–H and O–H groups in total. The number of pyridine rings is 1. The molecule has 0 radical (unpaired) electrons. The van der Waals surface area contributed by atoms with Crippen molar-refractivity contribution in [3.63, 3.8) is 0 Å². The van der Waals surface area contributed by atoms with E-state index in [4.69, 9.17) is 4.74 Å². The van der Waals surface area contributed by atoms with Crippen LogP contribution in [0.1, 0.15) is 19.8 Å². The number of aliphatic hydroxyl groups excluding tert-OH is 1. The zero-order valence-electron chi connectivity index (χ0n) is 16.8. The number of carbonyl (C=O) groups is 1. The fourth-order valence-electron chi connectivity index (χ4n) is 3.69. The van der Waals surface area contributed by atoms with Crippen molar-refractivity contribution in [1.29, 1.82) is 0 Å².